The molecule has 0 fully saturated rings. The molecule has 3 nitrogen and oxygen atoms in total. The Kier molecular flexibility index (Phi) is 5.56. The van der Waals surface area contributed by atoms with E-state index in [4.69, 9.17) is 0 Å². The van der Waals surface area contributed by atoms with Gasteiger partial charge in [-0.3, -0.25) is 4.79 Å². The average molecular weight is 242 g/mol. The van der Waals surface area contributed by atoms with Crippen LogP contribution in [0.15, 0.2) is 18.2 Å². The molecule has 0 radical (unpaired) electrons. The highest BCUT2D eigenvalue weighted by Gasteiger charge is 2.02. The Bertz CT molecular complexity index is 363. The number of benzene rings is 1. The lowest BCUT2D eigenvalue weighted by molar-refractivity contribution is -0.120. The number of hydrogen-bond donors (Lipinski definition) is 2. The van der Waals surface area contributed by atoms with Crippen LogP contribution in [0.25, 0.3) is 0 Å². The van der Waals surface area contributed by atoms with Crippen LogP contribution >= 0.6 is 0 Å². The van der Waals surface area contributed by atoms with Crippen LogP contribution in [0.1, 0.15) is 12.0 Å². The van der Waals surface area contributed by atoms with Crippen molar-refractivity contribution in [1.82, 2.24) is 10.6 Å². The highest BCUT2D eigenvalue weighted by atomic mass is 19.1. The first-order valence-corrected chi connectivity index (χ1v) is 5.48. The zero-order valence-electron chi connectivity index (χ0n) is 9.72. The van der Waals surface area contributed by atoms with Gasteiger partial charge in [-0.15, -0.1) is 0 Å². The van der Waals surface area contributed by atoms with E-state index in [0.717, 1.165) is 6.07 Å². The number of halogens is 2. The molecular weight excluding hydrogens is 226 g/mol. The lowest BCUT2D eigenvalue weighted by atomic mass is 10.1. The summed E-state index contributed by atoms with van der Waals surface area (Å²) in [7, 11) is 1.77. The molecule has 0 aliphatic heterocycles. The van der Waals surface area contributed by atoms with Crippen LogP contribution in [-0.4, -0.2) is 26.0 Å². The van der Waals surface area contributed by atoms with E-state index < -0.39 is 11.6 Å². The Morgan fingerprint density at radius 2 is 1.82 bits per heavy atom. The Labute approximate surface area is 99.2 Å². The maximum Gasteiger partial charge on any atom is 0.221 e. The highest BCUT2D eigenvalue weighted by molar-refractivity contribution is 5.76. The topological polar surface area (TPSA) is 41.1 Å². The van der Waals surface area contributed by atoms with Crippen LogP contribution in [-0.2, 0) is 11.2 Å². The number of rotatable bonds is 6. The second kappa shape index (κ2) is 6.96. The molecule has 0 saturated carbocycles. The van der Waals surface area contributed by atoms with Crippen LogP contribution in [0.4, 0.5) is 8.78 Å². The van der Waals surface area contributed by atoms with Gasteiger partial charge < -0.3 is 10.6 Å². The van der Waals surface area contributed by atoms with Gasteiger partial charge in [0.15, 0.2) is 0 Å². The largest absolute Gasteiger partial charge is 0.356 e. The van der Waals surface area contributed by atoms with Crippen molar-refractivity contribution in [3.05, 3.63) is 35.4 Å². The molecule has 0 bridgehead atoms. The van der Waals surface area contributed by atoms with E-state index in [1.54, 1.807) is 7.05 Å². The van der Waals surface area contributed by atoms with Crippen molar-refractivity contribution in [3.8, 4) is 0 Å². The molecule has 1 amide bonds. The number of carbonyl (C=O) groups is 1. The summed E-state index contributed by atoms with van der Waals surface area (Å²) in [5.74, 6) is -1.26. The van der Waals surface area contributed by atoms with Crippen molar-refractivity contribution in [2.75, 3.05) is 20.1 Å². The lowest BCUT2D eigenvalue weighted by Gasteiger charge is -2.05. The summed E-state index contributed by atoms with van der Waals surface area (Å²) in [6.45, 7) is 0.992. The SMILES string of the molecule is CNCCC(=O)NCCc1cc(F)cc(F)c1. The van der Waals surface area contributed by atoms with Crippen LogP contribution in [0.3, 0.4) is 0 Å². The van der Waals surface area contributed by atoms with E-state index in [2.05, 4.69) is 10.6 Å². The molecule has 1 aromatic rings. The third kappa shape index (κ3) is 5.40. The fraction of sp³-hybridized carbons (Fsp3) is 0.417. The average Bonchev–Trinajstić information content (AvgIpc) is 2.25. The minimum Gasteiger partial charge on any atom is -0.356 e. The van der Waals surface area contributed by atoms with E-state index in [9.17, 15) is 13.6 Å². The molecule has 0 aliphatic rings. The lowest BCUT2D eigenvalue weighted by Crippen LogP contribution is -2.28. The fourth-order valence-corrected chi connectivity index (χ4v) is 1.43. The van der Waals surface area contributed by atoms with Crippen LogP contribution < -0.4 is 10.6 Å². The first-order valence-electron chi connectivity index (χ1n) is 5.48. The third-order valence-electron chi connectivity index (χ3n) is 2.26. The van der Waals surface area contributed by atoms with E-state index in [-0.39, 0.29) is 5.91 Å². The summed E-state index contributed by atoms with van der Waals surface area (Å²) in [4.78, 5) is 11.2. The number of hydrogen-bond acceptors (Lipinski definition) is 2. The van der Waals surface area contributed by atoms with Crippen molar-refractivity contribution in [2.45, 2.75) is 12.8 Å². The van der Waals surface area contributed by atoms with Gasteiger partial charge in [0.05, 0.1) is 0 Å². The molecule has 0 atom stereocenters. The van der Waals surface area contributed by atoms with E-state index in [0.29, 0.717) is 31.5 Å². The Morgan fingerprint density at radius 3 is 2.41 bits per heavy atom. The number of amides is 1. The van der Waals surface area contributed by atoms with E-state index in [1.807, 2.05) is 0 Å². The summed E-state index contributed by atoms with van der Waals surface area (Å²) < 4.78 is 25.7. The van der Waals surface area contributed by atoms with Gasteiger partial charge in [-0.25, -0.2) is 8.78 Å². The molecule has 0 saturated heterocycles. The smallest absolute Gasteiger partial charge is 0.221 e. The van der Waals surface area contributed by atoms with Crippen LogP contribution in [0.5, 0.6) is 0 Å². The molecule has 0 heterocycles. The zero-order chi connectivity index (χ0) is 12.7. The molecule has 0 spiro atoms. The highest BCUT2D eigenvalue weighted by Crippen LogP contribution is 2.07. The predicted molar refractivity (Wildman–Crippen MR) is 61.6 cm³/mol. The van der Waals surface area contributed by atoms with Crippen molar-refractivity contribution < 1.29 is 13.6 Å². The zero-order valence-corrected chi connectivity index (χ0v) is 9.72. The van der Waals surface area contributed by atoms with Gasteiger partial charge in [0.1, 0.15) is 11.6 Å². The van der Waals surface area contributed by atoms with Gasteiger partial charge in [0.25, 0.3) is 0 Å². The number of carbonyl (C=O) groups excluding carboxylic acids is 1. The van der Waals surface area contributed by atoms with Crippen LogP contribution in [0.2, 0.25) is 0 Å². The monoisotopic (exact) mass is 242 g/mol. The van der Waals surface area contributed by atoms with Gasteiger partial charge in [0, 0.05) is 25.6 Å². The van der Waals surface area contributed by atoms with Crippen molar-refractivity contribution in [3.63, 3.8) is 0 Å². The molecule has 0 aromatic heterocycles. The molecule has 5 heteroatoms. The predicted octanol–water partition coefficient (Wildman–Crippen LogP) is 1.23. The molecule has 0 aliphatic carbocycles. The Morgan fingerprint density at radius 1 is 1.18 bits per heavy atom. The summed E-state index contributed by atoms with van der Waals surface area (Å²) in [5, 5.41) is 5.54. The van der Waals surface area contributed by atoms with E-state index in [1.165, 1.54) is 12.1 Å². The first kappa shape index (κ1) is 13.6. The maximum absolute atomic E-state index is 12.8. The normalized spacial score (nSPS) is 10.3. The maximum atomic E-state index is 12.8. The van der Waals surface area contributed by atoms with Gasteiger partial charge in [-0.05, 0) is 31.2 Å². The summed E-state index contributed by atoms with van der Waals surface area (Å²) in [5.41, 5.74) is 0.538. The van der Waals surface area contributed by atoms with E-state index >= 15 is 0 Å². The molecule has 1 rings (SSSR count). The molecular formula is C12H16F2N2O. The molecule has 17 heavy (non-hydrogen) atoms. The molecule has 1 aromatic carbocycles. The standard InChI is InChI=1S/C12H16F2N2O/c1-15-4-3-12(17)16-5-2-9-6-10(13)8-11(14)7-9/h6-8,15H,2-5H2,1H3,(H,16,17). The third-order valence-corrected chi connectivity index (χ3v) is 2.26. The minimum atomic E-state index is -0.596. The van der Waals surface area contributed by atoms with Crippen molar-refractivity contribution in [2.24, 2.45) is 0 Å². The van der Waals surface area contributed by atoms with Crippen molar-refractivity contribution >= 4 is 5.91 Å². The second-order valence-corrected chi connectivity index (χ2v) is 3.73. The van der Waals surface area contributed by atoms with Gasteiger partial charge in [0.2, 0.25) is 5.91 Å². The van der Waals surface area contributed by atoms with Gasteiger partial charge >= 0.3 is 0 Å². The molecule has 2 N–H and O–H groups in total. The Balaban J connectivity index is 2.33. The first-order chi connectivity index (χ1) is 8.11. The van der Waals surface area contributed by atoms with Gasteiger partial charge in [-0.1, -0.05) is 0 Å². The summed E-state index contributed by atoms with van der Waals surface area (Å²) in [6.07, 6.45) is 0.813. The molecule has 0 unspecified atom stereocenters. The van der Waals surface area contributed by atoms with Crippen LogP contribution in [0, 0.1) is 11.6 Å². The van der Waals surface area contributed by atoms with Crippen molar-refractivity contribution in [1.29, 1.82) is 0 Å². The quantitative estimate of drug-likeness (QED) is 0.788. The Hall–Kier alpha value is -1.49. The second-order valence-electron chi connectivity index (χ2n) is 3.73. The minimum absolute atomic E-state index is 0.0729. The molecule has 94 valence electrons. The number of nitrogens with one attached hydrogen (secondary N) is 2. The van der Waals surface area contributed by atoms with Gasteiger partial charge in [-0.2, -0.15) is 0 Å². The summed E-state index contributed by atoms with van der Waals surface area (Å²) in [6, 6.07) is 3.36. The summed E-state index contributed by atoms with van der Waals surface area (Å²) >= 11 is 0. The fourth-order valence-electron chi connectivity index (χ4n) is 1.43.